The summed E-state index contributed by atoms with van der Waals surface area (Å²) >= 11 is 1.52. The van der Waals surface area contributed by atoms with Gasteiger partial charge in [0, 0.05) is 23.1 Å². The molecular weight excluding hydrogens is 378 g/mol. The van der Waals surface area contributed by atoms with Crippen LogP contribution in [-0.4, -0.2) is 25.1 Å². The number of aromatic nitrogens is 4. The number of hydrogen-bond donors (Lipinski definition) is 0. The number of nitro groups is 1. The van der Waals surface area contributed by atoms with Crippen LogP contribution in [0, 0.1) is 17.0 Å². The van der Waals surface area contributed by atoms with E-state index in [1.165, 1.54) is 23.9 Å². The second kappa shape index (κ2) is 7.35. The molecule has 0 saturated carbocycles. The van der Waals surface area contributed by atoms with Gasteiger partial charge in [-0.3, -0.25) is 10.1 Å². The van der Waals surface area contributed by atoms with Crippen LogP contribution in [0.2, 0.25) is 0 Å². The Morgan fingerprint density at radius 2 is 1.82 bits per heavy atom. The zero-order valence-corrected chi connectivity index (χ0v) is 15.9. The van der Waals surface area contributed by atoms with Crippen molar-refractivity contribution in [1.29, 1.82) is 0 Å². The highest BCUT2D eigenvalue weighted by molar-refractivity contribution is 7.99. The largest absolute Gasteiger partial charge is 0.419 e. The first-order valence-corrected chi connectivity index (χ1v) is 9.37. The van der Waals surface area contributed by atoms with Crippen LogP contribution in [0.25, 0.3) is 22.4 Å². The van der Waals surface area contributed by atoms with Gasteiger partial charge in [0.2, 0.25) is 11.8 Å². The maximum absolute atomic E-state index is 10.8. The van der Waals surface area contributed by atoms with Gasteiger partial charge in [-0.15, -0.1) is 10.2 Å². The molecule has 2 aromatic carbocycles. The van der Waals surface area contributed by atoms with Crippen molar-refractivity contribution in [2.45, 2.75) is 24.1 Å². The van der Waals surface area contributed by atoms with Crippen molar-refractivity contribution in [3.8, 4) is 11.5 Å². The summed E-state index contributed by atoms with van der Waals surface area (Å²) in [4.78, 5) is 19.3. The van der Waals surface area contributed by atoms with Crippen molar-refractivity contribution in [3.05, 3.63) is 70.4 Å². The second-order valence-corrected chi connectivity index (χ2v) is 7.43. The first kappa shape index (κ1) is 18.1. The molecule has 0 fully saturated rings. The normalized spacial score (nSPS) is 12.2. The Balaban J connectivity index is 1.58. The molecule has 2 aromatic heterocycles. The predicted molar refractivity (Wildman–Crippen MR) is 105 cm³/mol. The lowest BCUT2D eigenvalue weighted by atomic mass is 10.2. The predicted octanol–water partition coefficient (Wildman–Crippen LogP) is 4.75. The molecule has 4 rings (SSSR count). The summed E-state index contributed by atoms with van der Waals surface area (Å²) in [5, 5.41) is 20.7. The number of nitro benzene ring substituents is 1. The minimum atomic E-state index is -0.449. The molecule has 9 heteroatoms. The molecule has 4 aromatic rings. The van der Waals surface area contributed by atoms with E-state index in [2.05, 4.69) is 20.2 Å². The third-order valence-corrected chi connectivity index (χ3v) is 5.17. The van der Waals surface area contributed by atoms with Gasteiger partial charge in [-0.2, -0.15) is 0 Å². The molecule has 0 amide bonds. The van der Waals surface area contributed by atoms with E-state index in [1.54, 1.807) is 12.1 Å². The number of aryl methyl sites for hydroxylation is 1. The topological polar surface area (TPSA) is 108 Å². The summed E-state index contributed by atoms with van der Waals surface area (Å²) in [7, 11) is 0. The molecule has 0 aliphatic carbocycles. The number of non-ortho nitro benzene ring substituents is 1. The minimum Gasteiger partial charge on any atom is -0.419 e. The third-order valence-electron chi connectivity index (χ3n) is 4.08. The third kappa shape index (κ3) is 3.56. The average molecular weight is 393 g/mol. The fourth-order valence-corrected chi connectivity index (χ4v) is 3.72. The lowest BCUT2D eigenvalue weighted by molar-refractivity contribution is -0.384. The van der Waals surface area contributed by atoms with Gasteiger partial charge in [0.05, 0.1) is 15.7 Å². The van der Waals surface area contributed by atoms with Crippen molar-refractivity contribution in [1.82, 2.24) is 20.2 Å². The van der Waals surface area contributed by atoms with Gasteiger partial charge in [-0.25, -0.2) is 9.97 Å². The zero-order chi connectivity index (χ0) is 19.7. The van der Waals surface area contributed by atoms with Crippen molar-refractivity contribution in [2.24, 2.45) is 0 Å². The maximum atomic E-state index is 10.8. The van der Waals surface area contributed by atoms with Crippen LogP contribution in [0.5, 0.6) is 0 Å². The highest BCUT2D eigenvalue weighted by Crippen LogP contribution is 2.37. The molecule has 0 radical (unpaired) electrons. The van der Waals surface area contributed by atoms with Crippen molar-refractivity contribution >= 4 is 28.4 Å². The standard InChI is InChI=1S/C19H15N5O3S/c1-11(28-19-15-5-3-4-6-16(15)20-12(2)21-19)17-22-23-18(27-17)13-7-9-14(10-8-13)24(25)26/h3-11H,1-2H3. The smallest absolute Gasteiger partial charge is 0.269 e. The lowest BCUT2D eigenvalue weighted by Crippen LogP contribution is -1.95. The van der Waals surface area contributed by atoms with E-state index in [1.807, 2.05) is 38.1 Å². The Morgan fingerprint density at radius 1 is 1.07 bits per heavy atom. The van der Waals surface area contributed by atoms with Gasteiger partial charge in [-0.1, -0.05) is 30.0 Å². The number of para-hydroxylation sites is 1. The number of hydrogen-bond acceptors (Lipinski definition) is 8. The van der Waals surface area contributed by atoms with E-state index in [0.717, 1.165) is 15.9 Å². The fraction of sp³-hybridized carbons (Fsp3) is 0.158. The van der Waals surface area contributed by atoms with Gasteiger partial charge in [0.1, 0.15) is 10.9 Å². The van der Waals surface area contributed by atoms with Crippen molar-refractivity contribution in [3.63, 3.8) is 0 Å². The van der Waals surface area contributed by atoms with E-state index >= 15 is 0 Å². The zero-order valence-electron chi connectivity index (χ0n) is 15.1. The molecule has 0 bridgehead atoms. The number of rotatable bonds is 5. The number of nitrogens with zero attached hydrogens (tertiary/aromatic N) is 5. The highest BCUT2D eigenvalue weighted by Gasteiger charge is 2.19. The van der Waals surface area contributed by atoms with Crippen LogP contribution in [0.15, 0.2) is 58.0 Å². The molecule has 8 nitrogen and oxygen atoms in total. The minimum absolute atomic E-state index is 0.0124. The van der Waals surface area contributed by atoms with Crippen LogP contribution >= 0.6 is 11.8 Å². The number of fused-ring (bicyclic) bond motifs is 1. The van der Waals surface area contributed by atoms with Gasteiger partial charge in [0.25, 0.3) is 5.69 Å². The molecule has 0 N–H and O–H groups in total. The monoisotopic (exact) mass is 393 g/mol. The average Bonchev–Trinajstić information content (AvgIpc) is 3.18. The van der Waals surface area contributed by atoms with E-state index in [4.69, 9.17) is 4.42 Å². The lowest BCUT2D eigenvalue weighted by Gasteiger charge is -2.09. The summed E-state index contributed by atoms with van der Waals surface area (Å²) in [5.41, 5.74) is 1.53. The molecule has 0 aliphatic rings. The molecule has 0 spiro atoms. The Hall–Kier alpha value is -3.33. The molecule has 0 saturated heterocycles. The molecule has 1 unspecified atom stereocenters. The Bertz CT molecular complexity index is 1160. The molecule has 28 heavy (non-hydrogen) atoms. The molecule has 140 valence electrons. The van der Waals surface area contributed by atoms with Gasteiger partial charge < -0.3 is 4.42 Å². The quantitative estimate of drug-likeness (QED) is 0.207. The van der Waals surface area contributed by atoms with Crippen molar-refractivity contribution in [2.75, 3.05) is 0 Å². The first-order chi connectivity index (χ1) is 13.5. The molecule has 1 atom stereocenters. The molecule has 0 aliphatic heterocycles. The highest BCUT2D eigenvalue weighted by atomic mass is 32.2. The van der Waals surface area contributed by atoms with Crippen molar-refractivity contribution < 1.29 is 9.34 Å². The van der Waals surface area contributed by atoms with Gasteiger partial charge in [-0.05, 0) is 32.0 Å². The van der Waals surface area contributed by atoms with Gasteiger partial charge in [0.15, 0.2) is 0 Å². The fourth-order valence-electron chi connectivity index (χ4n) is 2.71. The SMILES string of the molecule is Cc1nc(SC(C)c2nnc(-c3ccc([N+](=O)[O-])cc3)o2)c2ccccc2n1. The maximum Gasteiger partial charge on any atom is 0.269 e. The number of thioether (sulfide) groups is 1. The summed E-state index contributed by atoms with van der Waals surface area (Å²) < 4.78 is 5.79. The Morgan fingerprint density at radius 3 is 2.57 bits per heavy atom. The van der Waals surface area contributed by atoms with Crippen LogP contribution in [-0.2, 0) is 0 Å². The van der Waals surface area contributed by atoms with Crippen LogP contribution < -0.4 is 0 Å². The second-order valence-electron chi connectivity index (χ2n) is 6.10. The van der Waals surface area contributed by atoms with Crippen LogP contribution in [0.3, 0.4) is 0 Å². The summed E-state index contributed by atoms with van der Waals surface area (Å²) in [6.45, 7) is 3.82. The molecule has 2 heterocycles. The van der Waals surface area contributed by atoms with E-state index in [9.17, 15) is 10.1 Å². The molecular formula is C19H15N5O3S. The van der Waals surface area contributed by atoms with Crippen LogP contribution in [0.1, 0.15) is 23.9 Å². The summed E-state index contributed by atoms with van der Waals surface area (Å²) in [5.74, 6) is 1.48. The first-order valence-electron chi connectivity index (χ1n) is 8.49. The number of benzene rings is 2. The summed E-state index contributed by atoms with van der Waals surface area (Å²) in [6, 6.07) is 13.8. The van der Waals surface area contributed by atoms with E-state index in [0.29, 0.717) is 23.2 Å². The van der Waals surface area contributed by atoms with E-state index < -0.39 is 4.92 Å². The van der Waals surface area contributed by atoms with E-state index in [-0.39, 0.29) is 10.9 Å². The summed E-state index contributed by atoms with van der Waals surface area (Å²) in [6.07, 6.45) is 0. The Labute approximate surface area is 164 Å². The van der Waals surface area contributed by atoms with Gasteiger partial charge >= 0.3 is 0 Å². The Kier molecular flexibility index (Phi) is 4.74. The van der Waals surface area contributed by atoms with Crippen LogP contribution in [0.4, 0.5) is 5.69 Å².